The van der Waals surface area contributed by atoms with Gasteiger partial charge in [-0.15, -0.1) is 0 Å². The second-order valence-corrected chi connectivity index (χ2v) is 11.5. The third-order valence-corrected chi connectivity index (χ3v) is 8.70. The summed E-state index contributed by atoms with van der Waals surface area (Å²) in [4.78, 5) is 9.14. The topological polar surface area (TPSA) is 31.4 Å². The minimum Gasteiger partial charge on any atom is -0.365 e. The van der Waals surface area contributed by atoms with E-state index in [2.05, 4.69) is 107 Å². The molecule has 2 atom stereocenters. The zero-order valence-electron chi connectivity index (χ0n) is 20.4. The Morgan fingerprint density at radius 2 is 1.89 bits per heavy atom. The van der Waals surface area contributed by atoms with Crippen molar-refractivity contribution >= 4 is 61.8 Å². The summed E-state index contributed by atoms with van der Waals surface area (Å²) < 4.78 is 1.07. The standard InChI is InChI=1S/C28H28BrClN4S/c1-16-12-18(9-10-21(16)29)34-26(25(32-27(34)35)23-8-6-7-11-31-23)20-13-19-17(2)15-28(3,4)33(5)24(19)14-22(20)30/h6-15,25-26H,1-5H3,(H,32,35)/t25-,26+/m0/s1. The summed E-state index contributed by atoms with van der Waals surface area (Å²) in [6.45, 7) is 8.70. The molecule has 1 fully saturated rings. The van der Waals surface area contributed by atoms with Gasteiger partial charge < -0.3 is 15.1 Å². The summed E-state index contributed by atoms with van der Waals surface area (Å²) in [5.41, 5.74) is 7.60. The van der Waals surface area contributed by atoms with E-state index in [0.29, 0.717) is 5.11 Å². The van der Waals surface area contributed by atoms with Gasteiger partial charge >= 0.3 is 0 Å². The van der Waals surface area contributed by atoms with E-state index in [-0.39, 0.29) is 17.6 Å². The summed E-state index contributed by atoms with van der Waals surface area (Å²) in [5, 5.41) is 4.92. The van der Waals surface area contributed by atoms with Crippen molar-refractivity contribution in [3.8, 4) is 0 Å². The molecule has 3 heterocycles. The molecule has 2 aromatic carbocycles. The number of hydrogen-bond acceptors (Lipinski definition) is 3. The lowest BCUT2D eigenvalue weighted by Crippen LogP contribution is -2.42. The Kier molecular flexibility index (Phi) is 6.19. The molecule has 0 aliphatic carbocycles. The van der Waals surface area contributed by atoms with Crippen LogP contribution in [0.2, 0.25) is 5.02 Å². The van der Waals surface area contributed by atoms with Gasteiger partial charge in [-0.05, 0) is 99.1 Å². The first-order chi connectivity index (χ1) is 16.6. The zero-order valence-corrected chi connectivity index (χ0v) is 23.6. The summed E-state index contributed by atoms with van der Waals surface area (Å²) in [6, 6.07) is 16.3. The number of pyridine rings is 1. The number of thiocarbonyl (C=S) groups is 1. The molecule has 1 saturated heterocycles. The van der Waals surface area contributed by atoms with Gasteiger partial charge in [0.15, 0.2) is 5.11 Å². The van der Waals surface area contributed by atoms with Crippen molar-refractivity contribution in [1.82, 2.24) is 10.3 Å². The second-order valence-electron chi connectivity index (χ2n) is 9.86. The average Bonchev–Trinajstić information content (AvgIpc) is 3.16. The highest BCUT2D eigenvalue weighted by Gasteiger charge is 2.42. The molecule has 0 bridgehead atoms. The van der Waals surface area contributed by atoms with E-state index in [4.69, 9.17) is 23.8 Å². The molecule has 4 nitrogen and oxygen atoms in total. The smallest absolute Gasteiger partial charge is 0.174 e. The number of hydrogen-bond donors (Lipinski definition) is 1. The average molecular weight is 568 g/mol. The Bertz CT molecular complexity index is 1350. The van der Waals surface area contributed by atoms with Crippen LogP contribution in [0.1, 0.15) is 55.2 Å². The molecule has 1 aromatic heterocycles. The highest BCUT2D eigenvalue weighted by Crippen LogP contribution is 2.48. The van der Waals surface area contributed by atoms with Crippen LogP contribution < -0.4 is 15.1 Å². The Hall–Kier alpha value is -2.41. The quantitative estimate of drug-likeness (QED) is 0.329. The van der Waals surface area contributed by atoms with Crippen LogP contribution in [0.5, 0.6) is 0 Å². The van der Waals surface area contributed by atoms with Gasteiger partial charge in [-0.2, -0.15) is 0 Å². The maximum atomic E-state index is 7.09. The first kappa shape index (κ1) is 24.3. The van der Waals surface area contributed by atoms with Crippen LogP contribution in [0.3, 0.4) is 0 Å². The Morgan fingerprint density at radius 3 is 2.57 bits per heavy atom. The summed E-state index contributed by atoms with van der Waals surface area (Å²) in [7, 11) is 2.12. The molecule has 1 N–H and O–H groups in total. The van der Waals surface area contributed by atoms with Gasteiger partial charge in [-0.3, -0.25) is 4.98 Å². The second kappa shape index (κ2) is 8.91. The minimum atomic E-state index is -0.163. The predicted octanol–water partition coefficient (Wildman–Crippen LogP) is 7.61. The fourth-order valence-electron chi connectivity index (χ4n) is 5.14. The van der Waals surface area contributed by atoms with E-state index < -0.39 is 0 Å². The van der Waals surface area contributed by atoms with Gasteiger partial charge in [0.1, 0.15) is 0 Å². The van der Waals surface area contributed by atoms with Crippen LogP contribution in [0.25, 0.3) is 5.57 Å². The van der Waals surface area contributed by atoms with Crippen LogP contribution in [-0.2, 0) is 0 Å². The minimum absolute atomic E-state index is 0.0874. The Balaban J connectivity index is 1.71. The van der Waals surface area contributed by atoms with E-state index in [1.54, 1.807) is 0 Å². The highest BCUT2D eigenvalue weighted by atomic mass is 79.9. The third-order valence-electron chi connectivity index (χ3n) is 7.17. The van der Waals surface area contributed by atoms with E-state index in [0.717, 1.165) is 37.7 Å². The Labute approximate surface area is 226 Å². The third kappa shape index (κ3) is 4.15. The molecule has 5 rings (SSSR count). The maximum absolute atomic E-state index is 7.09. The molecule has 0 unspecified atom stereocenters. The van der Waals surface area contributed by atoms with Crippen molar-refractivity contribution < 1.29 is 0 Å². The molecule has 0 spiro atoms. The fraction of sp³-hybridized carbons (Fsp3) is 0.286. The lowest BCUT2D eigenvalue weighted by Gasteiger charge is -2.41. The van der Waals surface area contributed by atoms with Crippen LogP contribution in [0.4, 0.5) is 11.4 Å². The lowest BCUT2D eigenvalue weighted by molar-refractivity contribution is 0.567. The van der Waals surface area contributed by atoms with Gasteiger partial charge in [0.05, 0.1) is 23.3 Å². The largest absolute Gasteiger partial charge is 0.365 e. The molecular weight excluding hydrogens is 540 g/mol. The Morgan fingerprint density at radius 1 is 1.11 bits per heavy atom. The first-order valence-corrected chi connectivity index (χ1v) is 13.2. The van der Waals surface area contributed by atoms with Crippen LogP contribution in [-0.4, -0.2) is 22.7 Å². The molecule has 180 valence electrons. The normalized spacial score (nSPS) is 21.0. The maximum Gasteiger partial charge on any atom is 0.174 e. The number of benzene rings is 2. The molecule has 35 heavy (non-hydrogen) atoms. The van der Waals surface area contributed by atoms with Gasteiger partial charge in [0.2, 0.25) is 0 Å². The molecular formula is C28H28BrClN4S. The van der Waals surface area contributed by atoms with Crippen molar-refractivity contribution in [3.63, 3.8) is 0 Å². The van der Waals surface area contributed by atoms with Gasteiger partial charge in [0, 0.05) is 39.7 Å². The molecule has 2 aliphatic heterocycles. The van der Waals surface area contributed by atoms with Crippen molar-refractivity contribution in [2.24, 2.45) is 0 Å². The molecule has 3 aromatic rings. The first-order valence-electron chi connectivity index (χ1n) is 11.6. The van der Waals surface area contributed by atoms with Crippen LogP contribution in [0.15, 0.2) is 65.3 Å². The summed E-state index contributed by atoms with van der Waals surface area (Å²) >= 11 is 16.6. The summed E-state index contributed by atoms with van der Waals surface area (Å²) in [5.74, 6) is 0. The molecule has 0 saturated carbocycles. The predicted molar refractivity (Wildman–Crippen MR) is 154 cm³/mol. The number of aromatic nitrogens is 1. The number of allylic oxidation sites excluding steroid dienone is 1. The van der Waals surface area contributed by atoms with Gasteiger partial charge in [-0.25, -0.2) is 0 Å². The SMILES string of the molecule is CC1=CC(C)(C)N(C)c2cc(Cl)c([C@@H]3[C@H](c4ccccn4)NC(=S)N3c3ccc(Br)c(C)c3)cc21. The van der Waals surface area contributed by atoms with Crippen LogP contribution >= 0.6 is 39.7 Å². The van der Waals surface area contributed by atoms with E-state index in [1.165, 1.54) is 11.1 Å². The van der Waals surface area contributed by atoms with Crippen molar-refractivity contribution in [2.45, 2.75) is 45.3 Å². The monoisotopic (exact) mass is 566 g/mol. The van der Waals surface area contributed by atoms with Crippen molar-refractivity contribution in [1.29, 1.82) is 0 Å². The van der Waals surface area contributed by atoms with Crippen molar-refractivity contribution in [3.05, 3.63) is 92.7 Å². The number of nitrogens with one attached hydrogen (secondary N) is 1. The number of likely N-dealkylation sites (N-methyl/N-ethyl adjacent to an activating group) is 1. The lowest BCUT2D eigenvalue weighted by atomic mass is 9.86. The van der Waals surface area contributed by atoms with Crippen molar-refractivity contribution in [2.75, 3.05) is 16.8 Å². The highest BCUT2D eigenvalue weighted by molar-refractivity contribution is 9.10. The number of nitrogens with zero attached hydrogens (tertiary/aromatic N) is 3. The van der Waals surface area contributed by atoms with E-state index in [1.807, 2.05) is 24.4 Å². The zero-order chi connectivity index (χ0) is 25.1. The number of halogens is 2. The van der Waals surface area contributed by atoms with E-state index in [9.17, 15) is 0 Å². The fourth-order valence-corrected chi connectivity index (χ4v) is 6.00. The van der Waals surface area contributed by atoms with Gasteiger partial charge in [-0.1, -0.05) is 39.7 Å². The van der Waals surface area contributed by atoms with Crippen LogP contribution in [0, 0.1) is 6.92 Å². The number of rotatable bonds is 3. The number of fused-ring (bicyclic) bond motifs is 1. The van der Waals surface area contributed by atoms with Gasteiger partial charge in [0.25, 0.3) is 0 Å². The molecule has 7 heteroatoms. The molecule has 2 aliphatic rings. The molecule has 0 radical (unpaired) electrons. The summed E-state index contributed by atoms with van der Waals surface area (Å²) in [6.07, 6.45) is 4.14. The number of aryl methyl sites for hydroxylation is 1. The number of anilines is 2. The van der Waals surface area contributed by atoms with E-state index >= 15 is 0 Å². The molecule has 0 amide bonds.